The van der Waals surface area contributed by atoms with Crippen molar-refractivity contribution in [3.63, 3.8) is 0 Å². The number of aliphatic hydroxyl groups is 1. The number of hydrogen-bond acceptors (Lipinski definition) is 5. The van der Waals surface area contributed by atoms with Crippen molar-refractivity contribution in [3.8, 4) is 24.2 Å². The number of benzene rings is 1. The highest BCUT2D eigenvalue weighted by molar-refractivity contribution is 7.83. The summed E-state index contributed by atoms with van der Waals surface area (Å²) in [5, 5.41) is 21.8. The van der Waals surface area contributed by atoms with E-state index < -0.39 is 34.4 Å². The normalized spacial score (nSPS) is 20.2. The first kappa shape index (κ1) is 20.6. The number of fused-ring (bicyclic) bond motifs is 1. The van der Waals surface area contributed by atoms with Crippen molar-refractivity contribution in [1.82, 2.24) is 9.29 Å². The summed E-state index contributed by atoms with van der Waals surface area (Å²) >= 11 is 0. The molecule has 0 spiro atoms. The molecule has 0 aliphatic carbocycles. The zero-order valence-electron chi connectivity index (χ0n) is 15.5. The maximum Gasteiger partial charge on any atom is 0.276 e. The monoisotopic (exact) mass is 416 g/mol. The van der Waals surface area contributed by atoms with E-state index in [1.807, 2.05) is 0 Å². The van der Waals surface area contributed by atoms with Crippen LogP contribution in [-0.2, 0) is 18.0 Å². The van der Waals surface area contributed by atoms with E-state index in [0.29, 0.717) is 0 Å². The lowest BCUT2D eigenvalue weighted by molar-refractivity contribution is 0.0645. The van der Waals surface area contributed by atoms with Gasteiger partial charge in [0.05, 0.1) is 11.6 Å². The number of halogens is 1. The Balaban J connectivity index is 1.92. The van der Waals surface area contributed by atoms with Crippen LogP contribution in [0.3, 0.4) is 0 Å². The maximum absolute atomic E-state index is 13.5. The van der Waals surface area contributed by atoms with Gasteiger partial charge in [-0.25, -0.2) is 13.3 Å². The van der Waals surface area contributed by atoms with Crippen molar-refractivity contribution >= 4 is 22.6 Å². The summed E-state index contributed by atoms with van der Waals surface area (Å²) in [5.74, 6) is 0.982. The molecule has 0 saturated carbocycles. The van der Waals surface area contributed by atoms with Crippen LogP contribution in [0.5, 0.6) is 5.75 Å². The van der Waals surface area contributed by atoms with E-state index in [2.05, 4.69) is 16.0 Å². The first-order valence-electron chi connectivity index (χ1n) is 8.39. The zero-order valence-corrected chi connectivity index (χ0v) is 16.3. The number of anilines is 1. The van der Waals surface area contributed by atoms with E-state index in [4.69, 9.17) is 16.4 Å². The number of rotatable bonds is 3. The van der Waals surface area contributed by atoms with E-state index in [1.165, 1.54) is 29.8 Å². The summed E-state index contributed by atoms with van der Waals surface area (Å²) in [6.07, 6.45) is 6.79. The second-order valence-electron chi connectivity index (χ2n) is 6.58. The minimum Gasteiger partial charge on any atom is -0.488 e. The van der Waals surface area contributed by atoms with Crippen LogP contribution in [0.4, 0.5) is 10.1 Å². The minimum atomic E-state index is -1.80. The Morgan fingerprint density at radius 2 is 2.31 bits per heavy atom. The topological polar surface area (TPSA) is 116 Å². The molecule has 0 radical (unpaired) electrons. The largest absolute Gasteiger partial charge is 0.488 e. The molecule has 1 aliphatic rings. The van der Waals surface area contributed by atoms with Gasteiger partial charge in [-0.05, 0) is 25.1 Å². The van der Waals surface area contributed by atoms with Crippen molar-refractivity contribution < 1.29 is 23.2 Å². The number of hydrogen-bond donors (Lipinski definition) is 3. The maximum atomic E-state index is 13.5. The van der Waals surface area contributed by atoms with Gasteiger partial charge in [0.2, 0.25) is 0 Å². The molecule has 29 heavy (non-hydrogen) atoms. The molecule has 1 amide bonds. The molecule has 3 unspecified atom stereocenters. The lowest BCUT2D eigenvalue weighted by atomic mass is 9.99. The second-order valence-corrected chi connectivity index (χ2v) is 7.80. The smallest absolute Gasteiger partial charge is 0.276 e. The molecule has 3 atom stereocenters. The van der Waals surface area contributed by atoms with Gasteiger partial charge in [0, 0.05) is 18.9 Å². The van der Waals surface area contributed by atoms with Crippen LogP contribution in [0.2, 0.25) is 0 Å². The number of aromatic nitrogens is 1. The Bertz CT molecular complexity index is 1100. The molecule has 3 rings (SSSR count). The molecule has 10 heteroatoms. The molecule has 8 nitrogen and oxygen atoms in total. The Labute approximate surface area is 168 Å². The van der Waals surface area contributed by atoms with E-state index in [-0.39, 0.29) is 34.2 Å². The molecule has 3 N–H and O–H groups in total. The van der Waals surface area contributed by atoms with Gasteiger partial charge in [-0.15, -0.1) is 6.42 Å². The first-order chi connectivity index (χ1) is 13.7. The number of carbonyl (C=O) groups excluding carboxylic acids is 1. The van der Waals surface area contributed by atoms with Crippen molar-refractivity contribution in [1.29, 1.82) is 5.26 Å². The number of amides is 1. The van der Waals surface area contributed by atoms with Gasteiger partial charge < -0.3 is 19.7 Å². The average molecular weight is 416 g/mol. The molecule has 150 valence electrons. The van der Waals surface area contributed by atoms with E-state index >= 15 is 0 Å². The van der Waals surface area contributed by atoms with Crippen LogP contribution in [0.25, 0.3) is 0 Å². The lowest BCUT2D eigenvalue weighted by Crippen LogP contribution is -2.51. The minimum absolute atomic E-state index is 0.0685. The lowest BCUT2D eigenvalue weighted by Gasteiger charge is -2.26. The molecule has 1 aromatic carbocycles. The van der Waals surface area contributed by atoms with E-state index in [0.717, 1.165) is 6.07 Å². The summed E-state index contributed by atoms with van der Waals surface area (Å²) in [6, 6.07) is 4.45. The van der Waals surface area contributed by atoms with Crippen LogP contribution in [0, 0.1) is 29.5 Å². The number of ether oxygens (including phenoxy) is 1. The molecule has 2 aromatic rings. The molecular weight excluding hydrogens is 399 g/mol. The quantitative estimate of drug-likeness (QED) is 0.647. The van der Waals surface area contributed by atoms with Crippen molar-refractivity contribution in [2.45, 2.75) is 23.5 Å². The van der Waals surface area contributed by atoms with Gasteiger partial charge in [0.25, 0.3) is 5.91 Å². The summed E-state index contributed by atoms with van der Waals surface area (Å²) in [6.45, 7) is 1.26. The second kappa shape index (κ2) is 7.68. The van der Waals surface area contributed by atoms with Crippen molar-refractivity contribution in [3.05, 3.63) is 41.5 Å². The number of terminal acetylenes is 1. The molecule has 2 heterocycles. The summed E-state index contributed by atoms with van der Waals surface area (Å²) in [5.41, 5.74) is -1.55. The average Bonchev–Trinajstić information content (AvgIpc) is 2.93. The van der Waals surface area contributed by atoms with Gasteiger partial charge in [-0.1, -0.05) is 5.92 Å². The van der Waals surface area contributed by atoms with Crippen molar-refractivity contribution in [2.75, 3.05) is 11.9 Å². The number of nitrogens with zero attached hydrogens (tertiary/aromatic N) is 2. The van der Waals surface area contributed by atoms with Gasteiger partial charge in [-0.3, -0.25) is 4.79 Å². The summed E-state index contributed by atoms with van der Waals surface area (Å²) in [4.78, 5) is 13.0. The Morgan fingerprint density at radius 1 is 1.59 bits per heavy atom. The van der Waals surface area contributed by atoms with Gasteiger partial charge in [0.15, 0.2) is 11.4 Å². The molecule has 1 aliphatic heterocycles. The van der Waals surface area contributed by atoms with Gasteiger partial charge in [-0.2, -0.15) is 5.26 Å². The van der Waals surface area contributed by atoms with Gasteiger partial charge in [0.1, 0.15) is 40.0 Å². The SMILES string of the molecule is C#CC(C)(O)C1COc2c(cn(C)c2C(=O)Nc2ccc(F)c(C#N)c2)S(=O)N1. The molecule has 0 saturated heterocycles. The highest BCUT2D eigenvalue weighted by Crippen LogP contribution is 2.32. The Hall–Kier alpha value is -3.18. The fourth-order valence-corrected chi connectivity index (χ4v) is 4.02. The molecule has 1 aromatic heterocycles. The predicted octanol–water partition coefficient (Wildman–Crippen LogP) is 1.05. The number of nitriles is 1. The third-order valence-electron chi connectivity index (χ3n) is 4.48. The fraction of sp³-hybridized carbons (Fsp3) is 0.263. The van der Waals surface area contributed by atoms with Crippen LogP contribution in [0.15, 0.2) is 29.3 Å². The summed E-state index contributed by atoms with van der Waals surface area (Å²) in [7, 11) is -0.221. The number of carbonyl (C=O) groups is 1. The van der Waals surface area contributed by atoms with Crippen LogP contribution < -0.4 is 14.8 Å². The standard InChI is InChI=1S/C19H17FN4O4S/c1-4-19(2,26)15-10-28-17-14(29(27)23-15)9-24(3)16(17)18(25)22-12-5-6-13(20)11(7-12)8-21/h1,5-7,9,15,23,26H,10H2,2-3H3,(H,22,25). The third-order valence-corrected chi connectivity index (χ3v) is 5.67. The van der Waals surface area contributed by atoms with Crippen molar-refractivity contribution in [2.24, 2.45) is 7.05 Å². The highest BCUT2D eigenvalue weighted by atomic mass is 32.2. The van der Waals surface area contributed by atoms with Crippen LogP contribution in [0.1, 0.15) is 23.0 Å². The Morgan fingerprint density at radius 3 is 2.97 bits per heavy atom. The van der Waals surface area contributed by atoms with E-state index in [9.17, 15) is 18.5 Å². The van der Waals surface area contributed by atoms with Crippen LogP contribution in [-0.4, -0.2) is 38.0 Å². The number of nitrogens with one attached hydrogen (secondary N) is 2. The third kappa shape index (κ3) is 3.87. The Kier molecular flexibility index (Phi) is 5.44. The fourth-order valence-electron chi connectivity index (χ4n) is 2.76. The predicted molar refractivity (Wildman–Crippen MR) is 103 cm³/mol. The molecular formula is C19H17FN4O4S. The highest BCUT2D eigenvalue weighted by Gasteiger charge is 2.37. The first-order valence-corrected chi connectivity index (χ1v) is 9.54. The number of aryl methyl sites for hydroxylation is 1. The van der Waals surface area contributed by atoms with Gasteiger partial charge >= 0.3 is 0 Å². The zero-order chi connectivity index (χ0) is 21.3. The molecule has 0 fully saturated rings. The molecule has 0 bridgehead atoms. The summed E-state index contributed by atoms with van der Waals surface area (Å²) < 4.78 is 36.0. The van der Waals surface area contributed by atoms with Crippen LogP contribution >= 0.6 is 0 Å². The van der Waals surface area contributed by atoms with E-state index in [1.54, 1.807) is 13.1 Å².